The molecule has 0 radical (unpaired) electrons. The number of hydrogen-bond acceptors (Lipinski definition) is 2. The van der Waals surface area contributed by atoms with E-state index in [9.17, 15) is 5.11 Å². The van der Waals surface area contributed by atoms with E-state index in [-0.39, 0.29) is 5.75 Å². The van der Waals surface area contributed by atoms with Gasteiger partial charge in [-0.1, -0.05) is 30.3 Å². The maximum absolute atomic E-state index is 9.58. The zero-order valence-electron chi connectivity index (χ0n) is 8.56. The number of hydrogen-bond donors (Lipinski definition) is 1. The van der Waals surface area contributed by atoms with E-state index in [0.717, 1.165) is 9.13 Å². The van der Waals surface area contributed by atoms with E-state index >= 15 is 0 Å². The summed E-state index contributed by atoms with van der Waals surface area (Å²) in [7, 11) is 0. The Morgan fingerprint density at radius 2 is 1.81 bits per heavy atom. The highest BCUT2D eigenvalue weighted by Gasteiger charge is 2.02. The summed E-state index contributed by atoms with van der Waals surface area (Å²) in [5.74, 6) is 0.701. The van der Waals surface area contributed by atoms with Crippen molar-refractivity contribution in [2.24, 2.45) is 0 Å². The number of halogens is 1. The van der Waals surface area contributed by atoms with Gasteiger partial charge in [-0.25, -0.2) is 0 Å². The monoisotopic (exact) mass is 326 g/mol. The smallest absolute Gasteiger partial charge is 0.162 e. The second kappa shape index (κ2) is 5.21. The zero-order chi connectivity index (χ0) is 11.4. The van der Waals surface area contributed by atoms with Crippen molar-refractivity contribution in [1.29, 1.82) is 0 Å². The minimum atomic E-state index is 0.177. The third-order valence-corrected chi connectivity index (χ3v) is 2.83. The molecule has 0 heterocycles. The molecule has 0 aliphatic heterocycles. The number of rotatable bonds is 3. The highest BCUT2D eigenvalue weighted by Crippen LogP contribution is 2.28. The van der Waals surface area contributed by atoms with Gasteiger partial charge in [0.2, 0.25) is 0 Å². The van der Waals surface area contributed by atoms with E-state index < -0.39 is 0 Å². The van der Waals surface area contributed by atoms with Gasteiger partial charge in [0, 0.05) is 3.57 Å². The van der Waals surface area contributed by atoms with Crippen molar-refractivity contribution >= 4 is 22.6 Å². The van der Waals surface area contributed by atoms with Gasteiger partial charge >= 0.3 is 0 Å². The quantitative estimate of drug-likeness (QED) is 0.874. The highest BCUT2D eigenvalue weighted by molar-refractivity contribution is 14.1. The first kappa shape index (κ1) is 11.3. The van der Waals surface area contributed by atoms with Gasteiger partial charge in [0.1, 0.15) is 6.61 Å². The Morgan fingerprint density at radius 3 is 2.56 bits per heavy atom. The summed E-state index contributed by atoms with van der Waals surface area (Å²) in [6.07, 6.45) is 0. The fraction of sp³-hybridized carbons (Fsp3) is 0.0769. The van der Waals surface area contributed by atoms with Gasteiger partial charge in [0.25, 0.3) is 0 Å². The molecular formula is C13H11IO2. The normalized spacial score (nSPS) is 10.1. The number of phenolic OH excluding ortho intramolecular Hbond substituents is 1. The Morgan fingerprint density at radius 1 is 1.06 bits per heavy atom. The Bertz CT molecular complexity index is 469. The maximum atomic E-state index is 9.58. The van der Waals surface area contributed by atoms with E-state index in [1.807, 2.05) is 42.5 Å². The molecule has 0 atom stereocenters. The second-order valence-corrected chi connectivity index (χ2v) is 4.63. The van der Waals surface area contributed by atoms with Gasteiger partial charge in [-0.05, 0) is 46.4 Å². The Labute approximate surface area is 108 Å². The van der Waals surface area contributed by atoms with Gasteiger partial charge < -0.3 is 9.84 Å². The minimum absolute atomic E-state index is 0.177. The van der Waals surface area contributed by atoms with Crippen LogP contribution < -0.4 is 4.74 Å². The molecule has 0 aromatic heterocycles. The average molecular weight is 326 g/mol. The van der Waals surface area contributed by atoms with Crippen molar-refractivity contribution in [3.05, 3.63) is 57.7 Å². The standard InChI is InChI=1S/C13H11IO2/c14-11-6-7-12(15)13(8-11)16-9-10-4-2-1-3-5-10/h1-8,15H,9H2. The molecule has 2 rings (SSSR count). The van der Waals surface area contributed by atoms with E-state index in [0.29, 0.717) is 12.4 Å². The summed E-state index contributed by atoms with van der Waals surface area (Å²) in [5.41, 5.74) is 1.08. The van der Waals surface area contributed by atoms with Crippen LogP contribution in [-0.2, 0) is 6.61 Å². The molecule has 0 aliphatic rings. The molecule has 16 heavy (non-hydrogen) atoms. The molecule has 0 saturated carbocycles. The predicted octanol–water partition coefficient (Wildman–Crippen LogP) is 3.58. The second-order valence-electron chi connectivity index (χ2n) is 3.39. The molecular weight excluding hydrogens is 315 g/mol. The lowest BCUT2D eigenvalue weighted by molar-refractivity contribution is 0.289. The van der Waals surface area contributed by atoms with Crippen LogP contribution in [0, 0.1) is 3.57 Å². The molecule has 0 aliphatic carbocycles. The zero-order valence-corrected chi connectivity index (χ0v) is 10.7. The maximum Gasteiger partial charge on any atom is 0.162 e. The van der Waals surface area contributed by atoms with Crippen LogP contribution in [0.3, 0.4) is 0 Å². The molecule has 2 nitrogen and oxygen atoms in total. The van der Waals surface area contributed by atoms with Gasteiger partial charge in [-0.2, -0.15) is 0 Å². The molecule has 82 valence electrons. The molecule has 0 saturated heterocycles. The summed E-state index contributed by atoms with van der Waals surface area (Å²) in [6, 6.07) is 15.2. The van der Waals surface area contributed by atoms with Crippen LogP contribution in [0.5, 0.6) is 11.5 Å². The van der Waals surface area contributed by atoms with Gasteiger partial charge in [0.15, 0.2) is 11.5 Å². The fourth-order valence-corrected chi connectivity index (χ4v) is 1.80. The van der Waals surface area contributed by atoms with Crippen molar-refractivity contribution in [3.8, 4) is 11.5 Å². The summed E-state index contributed by atoms with van der Waals surface area (Å²) in [6.45, 7) is 0.467. The first-order valence-electron chi connectivity index (χ1n) is 4.91. The third-order valence-electron chi connectivity index (χ3n) is 2.16. The van der Waals surface area contributed by atoms with Crippen LogP contribution in [0.2, 0.25) is 0 Å². The average Bonchev–Trinajstić information content (AvgIpc) is 2.32. The SMILES string of the molecule is Oc1ccc(I)cc1OCc1ccccc1. The highest BCUT2D eigenvalue weighted by atomic mass is 127. The van der Waals surface area contributed by atoms with Crippen molar-refractivity contribution in [2.45, 2.75) is 6.61 Å². The van der Waals surface area contributed by atoms with Crippen LogP contribution in [0.25, 0.3) is 0 Å². The Hall–Kier alpha value is -1.23. The lowest BCUT2D eigenvalue weighted by Crippen LogP contribution is -1.95. The van der Waals surface area contributed by atoms with Gasteiger partial charge in [0.05, 0.1) is 0 Å². The molecule has 0 spiro atoms. The number of ether oxygens (including phenoxy) is 1. The van der Waals surface area contributed by atoms with E-state index in [2.05, 4.69) is 22.6 Å². The minimum Gasteiger partial charge on any atom is -0.504 e. The van der Waals surface area contributed by atoms with E-state index in [1.165, 1.54) is 0 Å². The molecule has 0 fully saturated rings. The fourth-order valence-electron chi connectivity index (χ4n) is 1.34. The van der Waals surface area contributed by atoms with Crippen molar-refractivity contribution in [3.63, 3.8) is 0 Å². The Balaban J connectivity index is 2.08. The summed E-state index contributed by atoms with van der Waals surface area (Å²) in [5, 5.41) is 9.58. The molecule has 0 unspecified atom stereocenters. The number of phenols is 1. The van der Waals surface area contributed by atoms with Crippen molar-refractivity contribution in [2.75, 3.05) is 0 Å². The van der Waals surface area contributed by atoms with Crippen molar-refractivity contribution in [1.82, 2.24) is 0 Å². The molecule has 2 aromatic rings. The largest absolute Gasteiger partial charge is 0.504 e. The predicted molar refractivity (Wildman–Crippen MR) is 71.6 cm³/mol. The summed E-state index contributed by atoms with van der Waals surface area (Å²) in [4.78, 5) is 0. The van der Waals surface area contributed by atoms with E-state index in [1.54, 1.807) is 6.07 Å². The van der Waals surface area contributed by atoms with Crippen LogP contribution >= 0.6 is 22.6 Å². The molecule has 3 heteroatoms. The van der Waals surface area contributed by atoms with Crippen LogP contribution in [0.15, 0.2) is 48.5 Å². The first-order chi connectivity index (χ1) is 7.75. The first-order valence-corrected chi connectivity index (χ1v) is 5.99. The van der Waals surface area contributed by atoms with Crippen LogP contribution in [0.1, 0.15) is 5.56 Å². The van der Waals surface area contributed by atoms with Gasteiger partial charge in [-0.15, -0.1) is 0 Å². The topological polar surface area (TPSA) is 29.5 Å². The summed E-state index contributed by atoms with van der Waals surface area (Å²) < 4.78 is 6.59. The lowest BCUT2D eigenvalue weighted by Gasteiger charge is -2.08. The van der Waals surface area contributed by atoms with Crippen molar-refractivity contribution < 1.29 is 9.84 Å². The van der Waals surface area contributed by atoms with Crippen LogP contribution in [0.4, 0.5) is 0 Å². The lowest BCUT2D eigenvalue weighted by atomic mass is 10.2. The number of benzene rings is 2. The molecule has 1 N–H and O–H groups in total. The van der Waals surface area contributed by atoms with E-state index in [4.69, 9.17) is 4.74 Å². The molecule has 0 bridgehead atoms. The summed E-state index contributed by atoms with van der Waals surface area (Å²) >= 11 is 2.19. The molecule has 2 aromatic carbocycles. The third kappa shape index (κ3) is 2.88. The van der Waals surface area contributed by atoms with Gasteiger partial charge in [-0.3, -0.25) is 0 Å². The van der Waals surface area contributed by atoms with Crippen LogP contribution in [-0.4, -0.2) is 5.11 Å². The molecule has 0 amide bonds. The Kier molecular flexibility index (Phi) is 3.66. The number of aromatic hydroxyl groups is 1.